The summed E-state index contributed by atoms with van der Waals surface area (Å²) < 4.78 is 13.5. The van der Waals surface area contributed by atoms with Gasteiger partial charge in [0, 0.05) is 17.6 Å². The standard InChI is InChI=1S/C12H10BrFN2S/c1-8-4-5-15-12(16-8)17-7-9-2-3-11(14)10(13)6-9/h2-6H,7H2,1H3. The number of hydrogen-bond donors (Lipinski definition) is 0. The van der Waals surface area contributed by atoms with Crippen molar-refractivity contribution in [2.75, 3.05) is 0 Å². The maximum absolute atomic E-state index is 13.0. The Hall–Kier alpha value is -0.940. The first-order chi connectivity index (χ1) is 8.15. The van der Waals surface area contributed by atoms with Crippen molar-refractivity contribution in [3.8, 4) is 0 Å². The van der Waals surface area contributed by atoms with Crippen LogP contribution < -0.4 is 0 Å². The number of nitrogens with zero attached hydrogens (tertiary/aromatic N) is 2. The van der Waals surface area contributed by atoms with E-state index in [1.54, 1.807) is 18.3 Å². The Balaban J connectivity index is 2.05. The Morgan fingerprint density at radius 3 is 2.88 bits per heavy atom. The number of benzene rings is 1. The molecule has 0 aliphatic carbocycles. The highest BCUT2D eigenvalue weighted by atomic mass is 79.9. The van der Waals surface area contributed by atoms with Crippen LogP contribution >= 0.6 is 27.7 Å². The minimum Gasteiger partial charge on any atom is -0.231 e. The first-order valence-electron chi connectivity index (χ1n) is 5.01. The van der Waals surface area contributed by atoms with Crippen LogP contribution in [-0.4, -0.2) is 9.97 Å². The van der Waals surface area contributed by atoms with Gasteiger partial charge >= 0.3 is 0 Å². The van der Waals surface area contributed by atoms with Crippen molar-refractivity contribution >= 4 is 27.7 Å². The number of hydrogen-bond acceptors (Lipinski definition) is 3. The molecular weight excluding hydrogens is 303 g/mol. The van der Waals surface area contributed by atoms with Crippen LogP contribution in [0.3, 0.4) is 0 Å². The van der Waals surface area contributed by atoms with E-state index in [1.807, 2.05) is 13.0 Å². The molecule has 0 aliphatic rings. The van der Waals surface area contributed by atoms with Crippen molar-refractivity contribution in [3.63, 3.8) is 0 Å². The molecule has 1 aromatic carbocycles. The van der Waals surface area contributed by atoms with Gasteiger partial charge in [0.2, 0.25) is 0 Å². The highest BCUT2D eigenvalue weighted by molar-refractivity contribution is 9.10. The van der Waals surface area contributed by atoms with Gasteiger partial charge in [-0.2, -0.15) is 0 Å². The second-order valence-electron chi connectivity index (χ2n) is 3.52. The molecule has 17 heavy (non-hydrogen) atoms. The quantitative estimate of drug-likeness (QED) is 0.633. The highest BCUT2D eigenvalue weighted by Gasteiger charge is 2.03. The topological polar surface area (TPSA) is 25.8 Å². The van der Waals surface area contributed by atoms with E-state index in [1.165, 1.54) is 17.8 Å². The molecule has 2 nitrogen and oxygen atoms in total. The summed E-state index contributed by atoms with van der Waals surface area (Å²) >= 11 is 4.71. The number of aryl methyl sites for hydroxylation is 1. The zero-order valence-electron chi connectivity index (χ0n) is 9.15. The third-order valence-corrected chi connectivity index (χ3v) is 3.66. The third-order valence-electron chi connectivity index (χ3n) is 2.12. The summed E-state index contributed by atoms with van der Waals surface area (Å²) in [5, 5.41) is 0.741. The summed E-state index contributed by atoms with van der Waals surface area (Å²) in [5.74, 6) is 0.480. The largest absolute Gasteiger partial charge is 0.231 e. The van der Waals surface area contributed by atoms with Gasteiger partial charge in [0.15, 0.2) is 5.16 Å². The van der Waals surface area contributed by atoms with Gasteiger partial charge in [-0.15, -0.1) is 0 Å². The molecule has 0 radical (unpaired) electrons. The lowest BCUT2D eigenvalue weighted by Gasteiger charge is -2.02. The summed E-state index contributed by atoms with van der Waals surface area (Å²) in [4.78, 5) is 8.45. The molecule has 0 aliphatic heterocycles. The van der Waals surface area contributed by atoms with Gasteiger partial charge in [0.25, 0.3) is 0 Å². The molecule has 0 spiro atoms. The molecule has 0 fully saturated rings. The van der Waals surface area contributed by atoms with Gasteiger partial charge in [0.1, 0.15) is 5.82 Å². The highest BCUT2D eigenvalue weighted by Crippen LogP contribution is 2.23. The van der Waals surface area contributed by atoms with E-state index in [9.17, 15) is 4.39 Å². The maximum Gasteiger partial charge on any atom is 0.188 e. The smallest absolute Gasteiger partial charge is 0.188 e. The lowest BCUT2D eigenvalue weighted by Crippen LogP contribution is -1.90. The van der Waals surface area contributed by atoms with E-state index in [0.717, 1.165) is 22.2 Å². The fraction of sp³-hybridized carbons (Fsp3) is 0.167. The first-order valence-corrected chi connectivity index (χ1v) is 6.79. The third kappa shape index (κ3) is 3.51. The van der Waals surface area contributed by atoms with Crippen LogP contribution in [0.25, 0.3) is 0 Å². The predicted octanol–water partition coefficient (Wildman–Crippen LogP) is 3.98. The van der Waals surface area contributed by atoms with E-state index >= 15 is 0 Å². The molecule has 0 N–H and O–H groups in total. The molecule has 5 heteroatoms. The Labute approximate surface area is 112 Å². The predicted molar refractivity (Wildman–Crippen MR) is 70.4 cm³/mol. The normalized spacial score (nSPS) is 10.5. The summed E-state index contributed by atoms with van der Waals surface area (Å²) in [7, 11) is 0. The summed E-state index contributed by atoms with van der Waals surface area (Å²) in [6, 6.07) is 6.86. The Bertz CT molecular complexity index is 534. The van der Waals surface area contributed by atoms with E-state index < -0.39 is 0 Å². The molecule has 1 heterocycles. The molecule has 0 bridgehead atoms. The summed E-state index contributed by atoms with van der Waals surface area (Å²) in [6.45, 7) is 1.93. The summed E-state index contributed by atoms with van der Waals surface area (Å²) in [5.41, 5.74) is 1.98. The maximum atomic E-state index is 13.0. The number of aromatic nitrogens is 2. The van der Waals surface area contributed by atoms with Gasteiger partial charge < -0.3 is 0 Å². The van der Waals surface area contributed by atoms with Crippen molar-refractivity contribution in [2.24, 2.45) is 0 Å². The van der Waals surface area contributed by atoms with Crippen molar-refractivity contribution in [1.82, 2.24) is 9.97 Å². The van der Waals surface area contributed by atoms with Crippen LogP contribution in [0.4, 0.5) is 4.39 Å². The van der Waals surface area contributed by atoms with E-state index in [2.05, 4.69) is 25.9 Å². The molecule has 0 saturated carbocycles. The fourth-order valence-electron chi connectivity index (χ4n) is 1.27. The molecule has 88 valence electrons. The van der Waals surface area contributed by atoms with Crippen LogP contribution in [0, 0.1) is 12.7 Å². The zero-order chi connectivity index (χ0) is 12.3. The van der Waals surface area contributed by atoms with Gasteiger partial charge in [-0.3, -0.25) is 0 Å². The molecule has 2 aromatic rings. The van der Waals surface area contributed by atoms with Crippen molar-refractivity contribution in [2.45, 2.75) is 17.8 Å². The minimum absolute atomic E-state index is 0.245. The van der Waals surface area contributed by atoms with Crippen LogP contribution in [0.2, 0.25) is 0 Å². The molecule has 0 saturated heterocycles. The van der Waals surface area contributed by atoms with E-state index in [-0.39, 0.29) is 5.82 Å². The second-order valence-corrected chi connectivity index (χ2v) is 5.31. The molecule has 0 atom stereocenters. The van der Waals surface area contributed by atoms with Gasteiger partial charge in [-0.1, -0.05) is 17.8 Å². The Morgan fingerprint density at radius 2 is 2.18 bits per heavy atom. The first kappa shape index (κ1) is 12.5. The molecule has 2 rings (SSSR count). The number of thioether (sulfide) groups is 1. The van der Waals surface area contributed by atoms with Gasteiger partial charge in [-0.05, 0) is 46.6 Å². The van der Waals surface area contributed by atoms with Crippen LogP contribution in [-0.2, 0) is 5.75 Å². The van der Waals surface area contributed by atoms with E-state index in [4.69, 9.17) is 0 Å². The lowest BCUT2D eigenvalue weighted by molar-refractivity contribution is 0.620. The van der Waals surface area contributed by atoms with Crippen molar-refractivity contribution < 1.29 is 4.39 Å². The number of rotatable bonds is 3. The summed E-state index contributed by atoms with van der Waals surface area (Å²) in [6.07, 6.45) is 1.74. The van der Waals surface area contributed by atoms with Crippen LogP contribution in [0.5, 0.6) is 0 Å². The monoisotopic (exact) mass is 312 g/mol. The zero-order valence-corrected chi connectivity index (χ0v) is 11.6. The Morgan fingerprint density at radius 1 is 1.35 bits per heavy atom. The SMILES string of the molecule is Cc1ccnc(SCc2ccc(F)c(Br)c2)n1. The lowest BCUT2D eigenvalue weighted by atomic mass is 10.2. The van der Waals surface area contributed by atoms with Crippen molar-refractivity contribution in [1.29, 1.82) is 0 Å². The van der Waals surface area contributed by atoms with Crippen LogP contribution in [0.1, 0.15) is 11.3 Å². The second kappa shape index (κ2) is 5.60. The molecule has 0 amide bonds. The molecule has 1 aromatic heterocycles. The van der Waals surface area contributed by atoms with Crippen molar-refractivity contribution in [3.05, 3.63) is 52.0 Å². The number of halogens is 2. The van der Waals surface area contributed by atoms with Gasteiger partial charge in [0.05, 0.1) is 4.47 Å². The molecular formula is C12H10BrFN2S. The Kier molecular flexibility index (Phi) is 4.12. The fourth-order valence-corrected chi connectivity index (χ4v) is 2.52. The van der Waals surface area contributed by atoms with Crippen LogP contribution in [0.15, 0.2) is 40.1 Å². The van der Waals surface area contributed by atoms with E-state index in [0.29, 0.717) is 4.47 Å². The minimum atomic E-state index is -0.245. The molecule has 0 unspecified atom stereocenters. The van der Waals surface area contributed by atoms with Gasteiger partial charge in [-0.25, -0.2) is 14.4 Å². The average Bonchev–Trinajstić information content (AvgIpc) is 2.31. The average molecular weight is 313 g/mol.